The van der Waals surface area contributed by atoms with Crippen LogP contribution in [0.25, 0.3) is 10.9 Å². The largest absolute Gasteiger partial charge is 0.383 e. The molecule has 6 nitrogen and oxygen atoms in total. The molecule has 2 aromatic heterocycles. The number of aromatic nitrogens is 2. The van der Waals surface area contributed by atoms with Crippen molar-refractivity contribution < 1.29 is 13.9 Å². The number of hydrogen-bond acceptors (Lipinski definition) is 5. The number of rotatable bonds is 6. The zero-order chi connectivity index (χ0) is 24.0. The first kappa shape index (κ1) is 24.0. The van der Waals surface area contributed by atoms with Crippen LogP contribution in [0.3, 0.4) is 0 Å². The lowest BCUT2D eigenvalue weighted by Gasteiger charge is -2.32. The summed E-state index contributed by atoms with van der Waals surface area (Å²) in [5.74, 6) is 0.824. The number of nitrogen functional groups attached to an aromatic ring is 1. The number of carbonyl (C=O) groups excluding carboxylic acids is 1. The minimum atomic E-state index is -1.63. The number of fused-ring (bicyclic) bond motifs is 1. The molecule has 0 spiro atoms. The maximum Gasteiger partial charge on any atom is 0.254 e. The van der Waals surface area contributed by atoms with Gasteiger partial charge in [-0.2, -0.15) is 0 Å². The molecule has 34 heavy (non-hydrogen) atoms. The fourth-order valence-corrected chi connectivity index (χ4v) is 5.21. The standard InChI is InChI=1S/C24H26BrFN4O2P2/c25-18-10-15-9-14(3-6-19(15)29-22(18)27)23(31)30(20-7-8-32-21(20)13-1-2-13)12-17-5-4-16(11-28-17)24(26,33)34/h3-6,9-11,13,20-21H,1-2,7-8,12,33-34H2,(H2,27,29). The van der Waals surface area contributed by atoms with Gasteiger partial charge in [0.2, 0.25) is 0 Å². The minimum absolute atomic E-state index is 0.0304. The van der Waals surface area contributed by atoms with E-state index >= 15 is 0 Å². The van der Waals surface area contributed by atoms with Gasteiger partial charge in [0.15, 0.2) is 5.15 Å². The van der Waals surface area contributed by atoms with Crippen LogP contribution in [0.15, 0.2) is 47.1 Å². The molecule has 3 heterocycles. The van der Waals surface area contributed by atoms with E-state index in [-0.39, 0.29) is 18.1 Å². The average Bonchev–Trinajstić information content (AvgIpc) is 3.54. The smallest absolute Gasteiger partial charge is 0.254 e. The number of alkyl halides is 1. The van der Waals surface area contributed by atoms with E-state index in [1.165, 1.54) is 6.20 Å². The molecule has 4 unspecified atom stereocenters. The fourth-order valence-electron chi connectivity index (χ4n) is 4.53. The van der Waals surface area contributed by atoms with Crippen molar-refractivity contribution in [3.05, 3.63) is 63.9 Å². The Morgan fingerprint density at radius 1 is 1.24 bits per heavy atom. The number of nitrogens with two attached hydrogens (primary N) is 1. The van der Waals surface area contributed by atoms with Crippen molar-refractivity contribution >= 4 is 57.0 Å². The third kappa shape index (κ3) is 4.97. The highest BCUT2D eigenvalue weighted by atomic mass is 79.9. The molecule has 3 aromatic rings. The molecule has 1 saturated heterocycles. The summed E-state index contributed by atoms with van der Waals surface area (Å²) in [5.41, 5.74) is 8.35. The second kappa shape index (κ2) is 9.39. The number of anilines is 1. The first-order chi connectivity index (χ1) is 16.2. The molecule has 178 valence electrons. The first-order valence-corrected chi connectivity index (χ1v) is 13.2. The number of halogens is 2. The third-order valence-corrected chi connectivity index (χ3v) is 7.79. The topological polar surface area (TPSA) is 81.3 Å². The Balaban J connectivity index is 1.48. The SMILES string of the molecule is Nc1nc2ccc(C(=O)N(Cc3ccc(C(F)(P)P)cn3)C3CCOC3C3CC3)cc2cc1Br. The van der Waals surface area contributed by atoms with Crippen molar-refractivity contribution in [2.24, 2.45) is 5.92 Å². The average molecular weight is 563 g/mol. The van der Waals surface area contributed by atoms with Crippen molar-refractivity contribution in [2.75, 3.05) is 12.3 Å². The molecular formula is C24H26BrFN4O2P2. The van der Waals surface area contributed by atoms with Gasteiger partial charge >= 0.3 is 0 Å². The number of pyridine rings is 2. The lowest BCUT2D eigenvalue weighted by atomic mass is 10.0. The lowest BCUT2D eigenvalue weighted by molar-refractivity contribution is 0.0342. The summed E-state index contributed by atoms with van der Waals surface area (Å²) in [4.78, 5) is 24.6. The maximum absolute atomic E-state index is 14.2. The van der Waals surface area contributed by atoms with Gasteiger partial charge in [0.1, 0.15) is 5.82 Å². The summed E-state index contributed by atoms with van der Waals surface area (Å²) in [7, 11) is 4.29. The Kier molecular flexibility index (Phi) is 6.62. The van der Waals surface area contributed by atoms with Crippen LogP contribution in [0.1, 0.15) is 40.9 Å². The number of nitrogens with zero attached hydrogens (tertiary/aromatic N) is 3. The highest BCUT2D eigenvalue weighted by molar-refractivity contribution is 9.10. The molecule has 1 aromatic carbocycles. The number of amides is 1. The van der Waals surface area contributed by atoms with Gasteiger partial charge < -0.3 is 15.4 Å². The molecule has 10 heteroatoms. The van der Waals surface area contributed by atoms with E-state index in [0.717, 1.165) is 30.2 Å². The van der Waals surface area contributed by atoms with E-state index in [1.54, 1.807) is 18.2 Å². The molecule has 1 aliphatic carbocycles. The summed E-state index contributed by atoms with van der Waals surface area (Å²) < 4.78 is 21.0. The van der Waals surface area contributed by atoms with Crippen molar-refractivity contribution in [3.8, 4) is 0 Å². The lowest BCUT2D eigenvalue weighted by Crippen LogP contribution is -2.45. The van der Waals surface area contributed by atoms with Crippen LogP contribution >= 0.6 is 34.4 Å². The molecular weight excluding hydrogens is 537 g/mol. The van der Waals surface area contributed by atoms with Gasteiger partial charge in [0.25, 0.3) is 5.91 Å². The van der Waals surface area contributed by atoms with Crippen LogP contribution in [0.4, 0.5) is 10.2 Å². The maximum atomic E-state index is 14.2. The van der Waals surface area contributed by atoms with Gasteiger partial charge in [0, 0.05) is 29.3 Å². The molecule has 1 amide bonds. The van der Waals surface area contributed by atoms with Gasteiger partial charge in [0.05, 0.1) is 34.4 Å². The van der Waals surface area contributed by atoms with Crippen LogP contribution in [0.2, 0.25) is 0 Å². The molecule has 2 N–H and O–H groups in total. The van der Waals surface area contributed by atoms with Crippen LogP contribution < -0.4 is 5.73 Å². The molecule has 5 rings (SSSR count). The van der Waals surface area contributed by atoms with E-state index in [2.05, 4.69) is 44.4 Å². The first-order valence-electron chi connectivity index (χ1n) is 11.2. The van der Waals surface area contributed by atoms with Gasteiger partial charge in [-0.25, -0.2) is 9.37 Å². The molecule has 2 fully saturated rings. The van der Waals surface area contributed by atoms with E-state index in [1.807, 2.05) is 23.1 Å². The summed E-state index contributed by atoms with van der Waals surface area (Å²) in [6.45, 7) is 0.964. The second-order valence-electron chi connectivity index (χ2n) is 9.03. The highest BCUT2D eigenvalue weighted by Crippen LogP contribution is 2.42. The van der Waals surface area contributed by atoms with Crippen LogP contribution in [-0.4, -0.2) is 39.5 Å². The predicted molar refractivity (Wildman–Crippen MR) is 141 cm³/mol. The number of carbonyl (C=O) groups is 1. The Morgan fingerprint density at radius 2 is 2.03 bits per heavy atom. The second-order valence-corrected chi connectivity index (χ2v) is 12.2. The molecule has 0 bridgehead atoms. The Morgan fingerprint density at radius 3 is 2.71 bits per heavy atom. The van der Waals surface area contributed by atoms with Gasteiger partial charge in [-0.15, -0.1) is 0 Å². The van der Waals surface area contributed by atoms with E-state index in [4.69, 9.17) is 10.5 Å². The molecule has 2 aliphatic rings. The van der Waals surface area contributed by atoms with Crippen molar-refractivity contribution in [1.82, 2.24) is 14.9 Å². The Labute approximate surface area is 210 Å². The summed E-state index contributed by atoms with van der Waals surface area (Å²) in [6, 6.07) is 10.8. The zero-order valence-electron chi connectivity index (χ0n) is 18.5. The third-order valence-electron chi connectivity index (χ3n) is 6.49. The monoisotopic (exact) mass is 562 g/mol. The molecule has 1 aliphatic heterocycles. The van der Waals surface area contributed by atoms with Crippen molar-refractivity contribution in [1.29, 1.82) is 0 Å². The van der Waals surface area contributed by atoms with E-state index in [0.29, 0.717) is 46.2 Å². The normalized spacial score (nSPS) is 20.6. The summed E-state index contributed by atoms with van der Waals surface area (Å²) >= 11 is 3.42. The predicted octanol–water partition coefficient (Wildman–Crippen LogP) is 5.01. The van der Waals surface area contributed by atoms with Crippen LogP contribution in [0.5, 0.6) is 0 Å². The molecule has 4 atom stereocenters. The minimum Gasteiger partial charge on any atom is -0.383 e. The molecule has 0 radical (unpaired) electrons. The van der Waals surface area contributed by atoms with E-state index < -0.39 is 5.15 Å². The quantitative estimate of drug-likeness (QED) is 0.427. The Bertz CT molecular complexity index is 1230. The number of hydrogen-bond donors (Lipinski definition) is 1. The van der Waals surface area contributed by atoms with Gasteiger partial charge in [-0.05, 0) is 71.4 Å². The van der Waals surface area contributed by atoms with E-state index in [9.17, 15) is 9.18 Å². The van der Waals surface area contributed by atoms with Crippen LogP contribution in [-0.2, 0) is 16.4 Å². The van der Waals surface area contributed by atoms with Gasteiger partial charge in [-0.3, -0.25) is 9.78 Å². The Hall–Kier alpha value is -1.72. The van der Waals surface area contributed by atoms with Gasteiger partial charge in [-0.1, -0.05) is 24.5 Å². The molecule has 1 saturated carbocycles. The summed E-state index contributed by atoms with van der Waals surface area (Å²) in [5, 5.41) is -0.801. The number of benzene rings is 1. The van der Waals surface area contributed by atoms with Crippen molar-refractivity contribution in [3.63, 3.8) is 0 Å². The summed E-state index contributed by atoms with van der Waals surface area (Å²) in [6.07, 6.45) is 4.61. The highest BCUT2D eigenvalue weighted by Gasteiger charge is 2.44. The van der Waals surface area contributed by atoms with Crippen molar-refractivity contribution in [2.45, 2.75) is 43.1 Å². The zero-order valence-corrected chi connectivity index (χ0v) is 22.4. The number of ether oxygens (including phenoxy) is 1. The fraction of sp³-hybridized carbons (Fsp3) is 0.375. The van der Waals surface area contributed by atoms with Crippen LogP contribution in [0, 0.1) is 5.92 Å².